The highest BCUT2D eigenvalue weighted by Gasteiger charge is 2.22. The Balaban J connectivity index is 1.73. The van der Waals surface area contributed by atoms with E-state index in [9.17, 15) is 9.18 Å². The Kier molecular flexibility index (Phi) is 4.06. The van der Waals surface area contributed by atoms with Crippen molar-refractivity contribution in [3.63, 3.8) is 0 Å². The second-order valence-corrected chi connectivity index (χ2v) is 6.20. The SMILES string of the molecule is O=C(c1cnc(Nc2ccc(F)cc2)c2ccccc12)N1CCCC1. The summed E-state index contributed by atoms with van der Waals surface area (Å²) in [6.07, 6.45) is 3.75. The van der Waals surface area contributed by atoms with Gasteiger partial charge in [0.25, 0.3) is 5.91 Å². The highest BCUT2D eigenvalue weighted by Crippen LogP contribution is 2.28. The predicted molar refractivity (Wildman–Crippen MR) is 96.6 cm³/mol. The Labute approximate surface area is 145 Å². The average Bonchev–Trinajstić information content (AvgIpc) is 3.18. The molecular weight excluding hydrogens is 317 g/mol. The fraction of sp³-hybridized carbons (Fsp3) is 0.200. The molecule has 126 valence electrons. The Morgan fingerprint density at radius 1 is 1.00 bits per heavy atom. The molecular formula is C20H18FN3O. The molecule has 1 fully saturated rings. The van der Waals surface area contributed by atoms with Gasteiger partial charge in [0.1, 0.15) is 11.6 Å². The topological polar surface area (TPSA) is 45.2 Å². The van der Waals surface area contributed by atoms with Gasteiger partial charge in [0.05, 0.1) is 5.56 Å². The van der Waals surface area contributed by atoms with Gasteiger partial charge in [-0.15, -0.1) is 0 Å². The number of aromatic nitrogens is 1. The van der Waals surface area contributed by atoms with Crippen molar-refractivity contribution in [2.45, 2.75) is 12.8 Å². The van der Waals surface area contributed by atoms with Crippen LogP contribution in [0.2, 0.25) is 0 Å². The van der Waals surface area contributed by atoms with E-state index in [4.69, 9.17) is 0 Å². The van der Waals surface area contributed by atoms with E-state index in [2.05, 4.69) is 10.3 Å². The van der Waals surface area contributed by atoms with Crippen molar-refractivity contribution in [2.75, 3.05) is 18.4 Å². The number of carbonyl (C=O) groups is 1. The van der Waals surface area contributed by atoms with Crippen molar-refractivity contribution in [1.82, 2.24) is 9.88 Å². The van der Waals surface area contributed by atoms with Gasteiger partial charge in [-0.3, -0.25) is 4.79 Å². The van der Waals surface area contributed by atoms with Crippen LogP contribution in [-0.4, -0.2) is 28.9 Å². The van der Waals surface area contributed by atoms with Crippen LogP contribution >= 0.6 is 0 Å². The van der Waals surface area contributed by atoms with Crippen molar-refractivity contribution in [3.8, 4) is 0 Å². The molecule has 4 rings (SSSR count). The summed E-state index contributed by atoms with van der Waals surface area (Å²) in [5.41, 5.74) is 1.37. The van der Waals surface area contributed by atoms with Crippen molar-refractivity contribution < 1.29 is 9.18 Å². The first-order valence-corrected chi connectivity index (χ1v) is 8.42. The molecule has 2 heterocycles. The molecule has 0 radical (unpaired) electrons. The zero-order valence-corrected chi connectivity index (χ0v) is 13.7. The van der Waals surface area contributed by atoms with Crippen LogP contribution in [0.3, 0.4) is 0 Å². The molecule has 0 atom stereocenters. The molecule has 2 aromatic carbocycles. The van der Waals surface area contributed by atoms with Gasteiger partial charge < -0.3 is 10.2 Å². The smallest absolute Gasteiger partial charge is 0.256 e. The third-order valence-electron chi connectivity index (χ3n) is 4.53. The summed E-state index contributed by atoms with van der Waals surface area (Å²) >= 11 is 0. The first kappa shape index (κ1) is 15.6. The summed E-state index contributed by atoms with van der Waals surface area (Å²) in [6.45, 7) is 1.62. The van der Waals surface area contributed by atoms with Crippen LogP contribution in [0, 0.1) is 5.82 Å². The maximum Gasteiger partial charge on any atom is 0.256 e. The lowest BCUT2D eigenvalue weighted by atomic mass is 10.1. The number of nitrogens with zero attached hydrogens (tertiary/aromatic N) is 2. The summed E-state index contributed by atoms with van der Waals surface area (Å²) in [7, 11) is 0. The Morgan fingerprint density at radius 2 is 1.68 bits per heavy atom. The summed E-state index contributed by atoms with van der Waals surface area (Å²) in [6, 6.07) is 13.8. The lowest BCUT2D eigenvalue weighted by Crippen LogP contribution is -2.27. The highest BCUT2D eigenvalue weighted by molar-refractivity contribution is 6.09. The predicted octanol–water partition coefficient (Wildman–Crippen LogP) is 4.35. The largest absolute Gasteiger partial charge is 0.340 e. The number of fused-ring (bicyclic) bond motifs is 1. The lowest BCUT2D eigenvalue weighted by Gasteiger charge is -2.17. The minimum absolute atomic E-state index is 0.0366. The normalized spacial score (nSPS) is 14.0. The number of nitrogens with one attached hydrogen (secondary N) is 1. The second-order valence-electron chi connectivity index (χ2n) is 6.20. The molecule has 25 heavy (non-hydrogen) atoms. The average molecular weight is 335 g/mol. The monoisotopic (exact) mass is 335 g/mol. The molecule has 4 nitrogen and oxygen atoms in total. The van der Waals surface area contributed by atoms with Gasteiger partial charge in [0.2, 0.25) is 0 Å². The summed E-state index contributed by atoms with van der Waals surface area (Å²) in [4.78, 5) is 19.1. The quantitative estimate of drug-likeness (QED) is 0.774. The first-order chi connectivity index (χ1) is 12.2. The lowest BCUT2D eigenvalue weighted by molar-refractivity contribution is 0.0794. The zero-order valence-electron chi connectivity index (χ0n) is 13.7. The van der Waals surface area contributed by atoms with E-state index in [-0.39, 0.29) is 11.7 Å². The molecule has 1 amide bonds. The van der Waals surface area contributed by atoms with E-state index in [1.54, 1.807) is 18.3 Å². The third-order valence-corrected chi connectivity index (χ3v) is 4.53. The number of rotatable bonds is 3. The summed E-state index contributed by atoms with van der Waals surface area (Å²) < 4.78 is 13.1. The van der Waals surface area contributed by atoms with Gasteiger partial charge in [0, 0.05) is 30.4 Å². The van der Waals surface area contributed by atoms with E-state index in [1.165, 1.54) is 12.1 Å². The summed E-state index contributed by atoms with van der Waals surface area (Å²) in [5, 5.41) is 4.95. The first-order valence-electron chi connectivity index (χ1n) is 8.42. The van der Waals surface area contributed by atoms with E-state index in [1.807, 2.05) is 29.2 Å². The Hall–Kier alpha value is -2.95. The van der Waals surface area contributed by atoms with Gasteiger partial charge >= 0.3 is 0 Å². The number of likely N-dealkylation sites (tertiary alicyclic amines) is 1. The highest BCUT2D eigenvalue weighted by atomic mass is 19.1. The molecule has 0 bridgehead atoms. The molecule has 1 aliphatic rings. The maximum absolute atomic E-state index is 13.1. The van der Waals surface area contributed by atoms with Crippen LogP contribution in [0.15, 0.2) is 54.7 Å². The van der Waals surface area contributed by atoms with Crippen LogP contribution in [0.4, 0.5) is 15.9 Å². The van der Waals surface area contributed by atoms with Crippen molar-refractivity contribution >= 4 is 28.2 Å². The Bertz CT molecular complexity index is 918. The minimum atomic E-state index is -0.282. The second kappa shape index (κ2) is 6.51. The van der Waals surface area contributed by atoms with Crippen LogP contribution in [0.5, 0.6) is 0 Å². The van der Waals surface area contributed by atoms with Crippen LogP contribution in [0.1, 0.15) is 23.2 Å². The fourth-order valence-corrected chi connectivity index (χ4v) is 3.22. The number of hydrogen-bond acceptors (Lipinski definition) is 3. The third kappa shape index (κ3) is 3.05. The number of amides is 1. The molecule has 1 aliphatic heterocycles. The summed E-state index contributed by atoms with van der Waals surface area (Å²) in [5.74, 6) is 0.407. The van der Waals surface area contributed by atoms with E-state index >= 15 is 0 Å². The molecule has 5 heteroatoms. The molecule has 1 saturated heterocycles. The molecule has 1 N–H and O–H groups in total. The van der Waals surface area contributed by atoms with Gasteiger partial charge in [-0.2, -0.15) is 0 Å². The van der Waals surface area contributed by atoms with Crippen molar-refractivity contribution in [2.24, 2.45) is 0 Å². The molecule has 0 aliphatic carbocycles. The number of benzene rings is 2. The van der Waals surface area contributed by atoms with E-state index in [0.717, 1.165) is 42.4 Å². The molecule has 3 aromatic rings. The van der Waals surface area contributed by atoms with Crippen LogP contribution in [-0.2, 0) is 0 Å². The van der Waals surface area contributed by atoms with Crippen molar-refractivity contribution in [1.29, 1.82) is 0 Å². The van der Waals surface area contributed by atoms with E-state index < -0.39 is 0 Å². The number of anilines is 2. The molecule has 0 saturated carbocycles. The number of halogens is 1. The number of pyridine rings is 1. The van der Waals surface area contributed by atoms with Crippen LogP contribution < -0.4 is 5.32 Å². The zero-order chi connectivity index (χ0) is 17.2. The van der Waals surface area contributed by atoms with Gasteiger partial charge in [-0.05, 0) is 42.5 Å². The van der Waals surface area contributed by atoms with Gasteiger partial charge in [-0.1, -0.05) is 24.3 Å². The van der Waals surface area contributed by atoms with E-state index in [0.29, 0.717) is 11.4 Å². The maximum atomic E-state index is 13.1. The molecule has 0 spiro atoms. The van der Waals surface area contributed by atoms with Gasteiger partial charge in [0.15, 0.2) is 0 Å². The minimum Gasteiger partial charge on any atom is -0.340 e. The molecule has 0 unspecified atom stereocenters. The fourth-order valence-electron chi connectivity index (χ4n) is 3.22. The van der Waals surface area contributed by atoms with Crippen molar-refractivity contribution in [3.05, 3.63) is 66.1 Å². The number of carbonyl (C=O) groups excluding carboxylic acids is 1. The van der Waals surface area contributed by atoms with Crippen LogP contribution in [0.25, 0.3) is 10.8 Å². The number of hydrogen-bond donors (Lipinski definition) is 1. The van der Waals surface area contributed by atoms with Gasteiger partial charge in [-0.25, -0.2) is 9.37 Å². The standard InChI is InChI=1S/C20H18FN3O/c21-14-7-9-15(10-8-14)23-19-17-6-2-1-5-16(17)18(13-22-19)20(25)24-11-3-4-12-24/h1-2,5-10,13H,3-4,11-12H2,(H,22,23). The Morgan fingerprint density at radius 3 is 2.40 bits per heavy atom. The molecule has 1 aromatic heterocycles.